The van der Waals surface area contributed by atoms with Crippen LogP contribution in [-0.4, -0.2) is 38.9 Å². The lowest BCUT2D eigenvalue weighted by Crippen LogP contribution is -2.29. The maximum Gasteiger partial charge on any atom is 0.253 e. The summed E-state index contributed by atoms with van der Waals surface area (Å²) in [6.07, 6.45) is 0.994. The normalized spacial score (nSPS) is 21.1. The molecule has 2 rings (SSSR count). The fraction of sp³-hybridized carbons (Fsp3) is 0.500. The molecule has 0 bridgehead atoms. The van der Waals surface area contributed by atoms with Crippen molar-refractivity contribution in [3.05, 3.63) is 16.6 Å². The Balaban J connectivity index is 2.10. The number of rotatable bonds is 5. The Morgan fingerprint density at radius 2 is 2.05 bits per heavy atom. The molecule has 0 saturated carbocycles. The van der Waals surface area contributed by atoms with Crippen LogP contribution < -0.4 is 20.5 Å². The molecule has 1 aromatic rings. The quantitative estimate of drug-likeness (QED) is 0.839. The van der Waals surface area contributed by atoms with Crippen molar-refractivity contribution in [2.24, 2.45) is 5.73 Å². The molecule has 3 N–H and O–H groups in total. The number of hydrogen-bond donors (Lipinski definition) is 2. The molecule has 1 aromatic carbocycles. The third kappa shape index (κ3) is 3.66. The van der Waals surface area contributed by atoms with E-state index in [4.69, 9.17) is 19.9 Å². The number of anilines is 1. The van der Waals surface area contributed by atoms with Crippen molar-refractivity contribution in [3.63, 3.8) is 0 Å². The Hall–Kier alpha value is -1.31. The van der Waals surface area contributed by atoms with Crippen molar-refractivity contribution in [1.82, 2.24) is 0 Å². The molecule has 0 radical (unpaired) electrons. The first kappa shape index (κ1) is 16.1. The molecule has 1 amide bonds. The summed E-state index contributed by atoms with van der Waals surface area (Å²) in [7, 11) is 3.10. The first-order valence-electron chi connectivity index (χ1n) is 6.67. The summed E-state index contributed by atoms with van der Waals surface area (Å²) in [4.78, 5) is 12.2. The van der Waals surface area contributed by atoms with Crippen molar-refractivity contribution in [3.8, 4) is 11.5 Å². The van der Waals surface area contributed by atoms with Crippen LogP contribution in [0.1, 0.15) is 12.8 Å². The zero-order valence-corrected chi connectivity index (χ0v) is 13.6. The van der Waals surface area contributed by atoms with Gasteiger partial charge in [-0.3, -0.25) is 4.79 Å². The molecule has 116 valence electrons. The highest BCUT2D eigenvalue weighted by Crippen LogP contribution is 2.36. The van der Waals surface area contributed by atoms with Crippen LogP contribution in [0.3, 0.4) is 0 Å². The van der Waals surface area contributed by atoms with E-state index in [1.165, 1.54) is 0 Å². The van der Waals surface area contributed by atoms with Crippen molar-refractivity contribution in [2.75, 3.05) is 26.1 Å². The Kier molecular flexibility index (Phi) is 5.44. The number of methoxy groups -OCH3 is 2. The van der Waals surface area contributed by atoms with Gasteiger partial charge in [-0.25, -0.2) is 0 Å². The molecule has 21 heavy (non-hydrogen) atoms. The molecule has 2 atom stereocenters. The van der Waals surface area contributed by atoms with Gasteiger partial charge in [0.15, 0.2) is 11.5 Å². The van der Waals surface area contributed by atoms with Gasteiger partial charge in [0.25, 0.3) is 5.91 Å². The number of nitrogens with one attached hydrogen (secondary N) is 1. The van der Waals surface area contributed by atoms with Crippen LogP contribution in [0, 0.1) is 0 Å². The van der Waals surface area contributed by atoms with Crippen molar-refractivity contribution >= 4 is 27.5 Å². The minimum Gasteiger partial charge on any atom is -0.493 e. The number of carbonyl (C=O) groups is 1. The standard InChI is InChI=1S/C14H19BrN2O4/c1-19-12-5-9(15)10(6-13(12)20-2)17-14(18)11-4-3-8(7-16)21-11/h5-6,8,11H,3-4,7,16H2,1-2H3,(H,17,18)/t8-,11+/m1/s1. The topological polar surface area (TPSA) is 82.8 Å². The van der Waals surface area contributed by atoms with Gasteiger partial charge in [-0.05, 0) is 28.8 Å². The maximum absolute atomic E-state index is 12.2. The minimum atomic E-state index is -0.460. The summed E-state index contributed by atoms with van der Waals surface area (Å²) in [6, 6.07) is 3.45. The molecule has 1 aliphatic heterocycles. The van der Waals surface area contributed by atoms with Crippen LogP contribution >= 0.6 is 15.9 Å². The van der Waals surface area contributed by atoms with Crippen LogP contribution in [0.25, 0.3) is 0 Å². The number of nitrogens with two attached hydrogens (primary N) is 1. The minimum absolute atomic E-state index is 0.0328. The van der Waals surface area contributed by atoms with E-state index in [1.807, 2.05) is 0 Å². The monoisotopic (exact) mass is 358 g/mol. The fourth-order valence-corrected chi connectivity index (χ4v) is 2.66. The summed E-state index contributed by atoms with van der Waals surface area (Å²) in [6.45, 7) is 0.434. The van der Waals surface area contributed by atoms with Gasteiger partial charge in [-0.15, -0.1) is 0 Å². The van der Waals surface area contributed by atoms with Gasteiger partial charge >= 0.3 is 0 Å². The van der Waals surface area contributed by atoms with Gasteiger partial charge in [0.05, 0.1) is 26.0 Å². The summed E-state index contributed by atoms with van der Waals surface area (Å²) in [5.74, 6) is 0.949. The summed E-state index contributed by atoms with van der Waals surface area (Å²) in [5, 5.41) is 2.84. The predicted octanol–water partition coefficient (Wildman–Crippen LogP) is 1.91. The average Bonchev–Trinajstić information content (AvgIpc) is 2.97. The molecule has 7 heteroatoms. The lowest BCUT2D eigenvalue weighted by molar-refractivity contribution is -0.126. The van der Waals surface area contributed by atoms with Gasteiger partial charge in [0, 0.05) is 23.2 Å². The molecule has 6 nitrogen and oxygen atoms in total. The number of ether oxygens (including phenoxy) is 3. The van der Waals surface area contributed by atoms with E-state index in [0.717, 1.165) is 6.42 Å². The molecule has 0 aromatic heterocycles. The van der Waals surface area contributed by atoms with E-state index in [0.29, 0.717) is 34.6 Å². The smallest absolute Gasteiger partial charge is 0.253 e. The highest BCUT2D eigenvalue weighted by molar-refractivity contribution is 9.10. The Labute approximate surface area is 132 Å². The molecule has 1 aliphatic rings. The van der Waals surface area contributed by atoms with E-state index < -0.39 is 6.10 Å². The molecular weight excluding hydrogens is 340 g/mol. The number of halogens is 1. The second-order valence-corrected chi connectivity index (χ2v) is 5.59. The molecule has 0 spiro atoms. The molecule has 1 saturated heterocycles. The second-order valence-electron chi connectivity index (χ2n) is 4.74. The zero-order valence-electron chi connectivity index (χ0n) is 12.0. The van der Waals surface area contributed by atoms with Gasteiger partial charge in [-0.1, -0.05) is 0 Å². The Bertz CT molecular complexity index is 524. The third-order valence-corrected chi connectivity index (χ3v) is 4.05. The average molecular weight is 359 g/mol. The zero-order chi connectivity index (χ0) is 15.4. The molecule has 1 heterocycles. The lowest BCUT2D eigenvalue weighted by Gasteiger charge is -2.15. The van der Waals surface area contributed by atoms with E-state index in [-0.39, 0.29) is 12.0 Å². The highest BCUT2D eigenvalue weighted by Gasteiger charge is 2.30. The third-order valence-electron chi connectivity index (χ3n) is 3.39. The molecular formula is C14H19BrN2O4. The first-order chi connectivity index (χ1) is 10.1. The SMILES string of the molecule is COc1cc(Br)c(NC(=O)[C@@H]2CC[C@H](CN)O2)cc1OC. The molecule has 1 fully saturated rings. The van der Waals surface area contributed by atoms with E-state index in [9.17, 15) is 4.79 Å². The van der Waals surface area contributed by atoms with Crippen LogP contribution in [0.15, 0.2) is 16.6 Å². The fourth-order valence-electron chi connectivity index (χ4n) is 2.24. The Morgan fingerprint density at radius 1 is 1.38 bits per heavy atom. The van der Waals surface area contributed by atoms with Crippen LogP contribution in [0.4, 0.5) is 5.69 Å². The molecule has 0 aliphatic carbocycles. The first-order valence-corrected chi connectivity index (χ1v) is 7.46. The second kappa shape index (κ2) is 7.11. The van der Waals surface area contributed by atoms with Crippen LogP contribution in [0.2, 0.25) is 0 Å². The number of hydrogen-bond acceptors (Lipinski definition) is 5. The van der Waals surface area contributed by atoms with Crippen molar-refractivity contribution in [2.45, 2.75) is 25.0 Å². The maximum atomic E-state index is 12.2. The van der Waals surface area contributed by atoms with Gasteiger partial charge in [-0.2, -0.15) is 0 Å². The van der Waals surface area contributed by atoms with E-state index >= 15 is 0 Å². The van der Waals surface area contributed by atoms with E-state index in [2.05, 4.69) is 21.2 Å². The number of benzene rings is 1. The lowest BCUT2D eigenvalue weighted by atomic mass is 10.2. The summed E-state index contributed by atoms with van der Waals surface area (Å²) in [5.41, 5.74) is 6.16. The largest absolute Gasteiger partial charge is 0.493 e. The van der Waals surface area contributed by atoms with Gasteiger partial charge < -0.3 is 25.3 Å². The van der Waals surface area contributed by atoms with Crippen molar-refractivity contribution in [1.29, 1.82) is 0 Å². The van der Waals surface area contributed by atoms with Gasteiger partial charge in [0.2, 0.25) is 0 Å². The number of amides is 1. The van der Waals surface area contributed by atoms with Crippen LogP contribution in [0.5, 0.6) is 11.5 Å². The molecule has 0 unspecified atom stereocenters. The number of carbonyl (C=O) groups excluding carboxylic acids is 1. The summed E-state index contributed by atoms with van der Waals surface area (Å²) < 4.78 is 16.7. The van der Waals surface area contributed by atoms with Gasteiger partial charge in [0.1, 0.15) is 6.10 Å². The van der Waals surface area contributed by atoms with Crippen molar-refractivity contribution < 1.29 is 19.0 Å². The predicted molar refractivity (Wildman–Crippen MR) is 82.8 cm³/mol. The van der Waals surface area contributed by atoms with E-state index in [1.54, 1.807) is 26.4 Å². The Morgan fingerprint density at radius 3 is 2.62 bits per heavy atom. The van der Waals surface area contributed by atoms with Crippen LogP contribution in [-0.2, 0) is 9.53 Å². The highest BCUT2D eigenvalue weighted by atomic mass is 79.9. The summed E-state index contributed by atoms with van der Waals surface area (Å²) >= 11 is 3.40.